The topological polar surface area (TPSA) is 98.5 Å². The van der Waals surface area contributed by atoms with Gasteiger partial charge in [-0.2, -0.15) is 0 Å². The van der Waals surface area contributed by atoms with E-state index in [1.54, 1.807) is 6.07 Å². The first kappa shape index (κ1) is 14.3. The molecule has 1 amide bonds. The molecule has 1 fully saturated rings. The van der Waals surface area contributed by atoms with Gasteiger partial charge in [-0.05, 0) is 36.5 Å². The summed E-state index contributed by atoms with van der Waals surface area (Å²) < 4.78 is 28.3. The largest absolute Gasteiger partial charge is 0.492 e. The molecule has 3 N–H and O–H groups in total. The van der Waals surface area contributed by atoms with Crippen molar-refractivity contribution in [2.24, 2.45) is 10.6 Å². The lowest BCUT2D eigenvalue weighted by Crippen LogP contribution is -2.34. The van der Waals surface area contributed by atoms with Gasteiger partial charge in [0, 0.05) is 12.1 Å². The number of rotatable bonds is 4. The summed E-state index contributed by atoms with van der Waals surface area (Å²) >= 11 is 0. The van der Waals surface area contributed by atoms with Crippen LogP contribution in [0.5, 0.6) is 5.75 Å². The second-order valence-corrected chi connectivity index (χ2v) is 7.70. The minimum atomic E-state index is -3.79. The first-order chi connectivity index (χ1) is 9.78. The number of hydrogen-bond donors (Lipinski definition) is 2. The van der Waals surface area contributed by atoms with E-state index in [9.17, 15) is 13.2 Å². The van der Waals surface area contributed by atoms with Gasteiger partial charge in [-0.3, -0.25) is 4.79 Å². The van der Waals surface area contributed by atoms with Gasteiger partial charge in [-0.1, -0.05) is 6.92 Å². The molecule has 0 saturated heterocycles. The number of amides is 1. The molecule has 7 heteroatoms. The van der Waals surface area contributed by atoms with Crippen molar-refractivity contribution < 1.29 is 17.9 Å². The third-order valence-corrected chi connectivity index (χ3v) is 5.11. The lowest BCUT2D eigenvalue weighted by molar-refractivity contribution is -0.123. The highest BCUT2D eigenvalue weighted by atomic mass is 32.2. The number of sulfonamides is 1. The highest BCUT2D eigenvalue weighted by molar-refractivity contribution is 7.89. The summed E-state index contributed by atoms with van der Waals surface area (Å²) in [5, 5.41) is 8.05. The molecule has 1 aromatic rings. The van der Waals surface area contributed by atoms with Crippen LogP contribution in [0.3, 0.4) is 0 Å². The van der Waals surface area contributed by atoms with Crippen LogP contribution >= 0.6 is 0 Å². The number of carbonyl (C=O) groups is 1. The summed E-state index contributed by atoms with van der Waals surface area (Å²) in [7, 11) is -3.79. The van der Waals surface area contributed by atoms with E-state index in [2.05, 4.69) is 12.2 Å². The van der Waals surface area contributed by atoms with E-state index in [1.165, 1.54) is 12.1 Å². The molecule has 3 rings (SSSR count). The molecule has 21 heavy (non-hydrogen) atoms. The van der Waals surface area contributed by atoms with E-state index in [4.69, 9.17) is 9.88 Å². The summed E-state index contributed by atoms with van der Waals surface area (Å²) in [6, 6.07) is 4.37. The molecule has 0 bridgehead atoms. The fraction of sp³-hybridized carbons (Fsp3) is 0.500. The normalized spacial score (nSPS) is 22.3. The van der Waals surface area contributed by atoms with Gasteiger partial charge in [0.2, 0.25) is 15.9 Å². The Bertz CT molecular complexity index is 695. The van der Waals surface area contributed by atoms with Crippen LogP contribution in [0.15, 0.2) is 23.1 Å². The van der Waals surface area contributed by atoms with Crippen molar-refractivity contribution in [2.75, 3.05) is 13.2 Å². The van der Waals surface area contributed by atoms with Crippen LogP contribution < -0.4 is 15.2 Å². The lowest BCUT2D eigenvalue weighted by atomic mass is 10.00. The SMILES string of the molecule is CC1(CNC(=O)C2COc3ccc(S(N)(=O)=O)cc32)CC1. The van der Waals surface area contributed by atoms with Crippen LogP contribution in [0.1, 0.15) is 31.2 Å². The molecule has 0 aromatic heterocycles. The molecular weight excluding hydrogens is 292 g/mol. The Morgan fingerprint density at radius 2 is 2.19 bits per heavy atom. The summed E-state index contributed by atoms with van der Waals surface area (Å²) in [5.41, 5.74) is 0.806. The van der Waals surface area contributed by atoms with Crippen LogP contribution in [0.2, 0.25) is 0 Å². The van der Waals surface area contributed by atoms with Crippen LogP contribution in [-0.2, 0) is 14.8 Å². The van der Waals surface area contributed by atoms with Crippen LogP contribution in [0.25, 0.3) is 0 Å². The Kier molecular flexibility index (Phi) is 3.22. The molecule has 0 spiro atoms. The smallest absolute Gasteiger partial charge is 0.238 e. The minimum Gasteiger partial charge on any atom is -0.492 e. The average Bonchev–Trinajstić information content (AvgIpc) is 3.00. The zero-order valence-electron chi connectivity index (χ0n) is 11.8. The average molecular weight is 310 g/mol. The number of primary sulfonamides is 1. The molecule has 1 aromatic carbocycles. The maximum absolute atomic E-state index is 12.3. The van der Waals surface area contributed by atoms with Gasteiger partial charge < -0.3 is 10.1 Å². The fourth-order valence-electron chi connectivity index (χ4n) is 2.40. The first-order valence-electron chi connectivity index (χ1n) is 6.86. The van der Waals surface area contributed by atoms with E-state index < -0.39 is 15.9 Å². The maximum Gasteiger partial charge on any atom is 0.238 e. The monoisotopic (exact) mass is 310 g/mol. The lowest BCUT2D eigenvalue weighted by Gasteiger charge is -2.13. The van der Waals surface area contributed by atoms with Crippen molar-refractivity contribution in [1.82, 2.24) is 5.32 Å². The van der Waals surface area contributed by atoms with Gasteiger partial charge in [-0.15, -0.1) is 0 Å². The van der Waals surface area contributed by atoms with Gasteiger partial charge >= 0.3 is 0 Å². The fourth-order valence-corrected chi connectivity index (χ4v) is 2.95. The van der Waals surface area contributed by atoms with Gasteiger partial charge in [0.1, 0.15) is 18.3 Å². The second-order valence-electron chi connectivity index (χ2n) is 6.14. The molecule has 1 aliphatic carbocycles. The summed E-state index contributed by atoms with van der Waals surface area (Å²) in [5.74, 6) is -0.0716. The number of nitrogens with two attached hydrogens (primary N) is 1. The first-order valence-corrected chi connectivity index (χ1v) is 8.40. The zero-order chi connectivity index (χ0) is 15.3. The van der Waals surface area contributed by atoms with E-state index in [0.717, 1.165) is 12.8 Å². The Morgan fingerprint density at radius 1 is 1.48 bits per heavy atom. The Balaban J connectivity index is 1.80. The van der Waals surface area contributed by atoms with Crippen molar-refractivity contribution in [3.63, 3.8) is 0 Å². The predicted molar refractivity (Wildman–Crippen MR) is 76.4 cm³/mol. The van der Waals surface area contributed by atoms with Crippen LogP contribution in [0, 0.1) is 5.41 Å². The third kappa shape index (κ3) is 2.89. The highest BCUT2D eigenvalue weighted by Crippen LogP contribution is 2.44. The van der Waals surface area contributed by atoms with Crippen LogP contribution in [0.4, 0.5) is 0 Å². The number of carbonyl (C=O) groups excluding carboxylic acids is 1. The van der Waals surface area contributed by atoms with Gasteiger partial charge in [0.05, 0.1) is 4.90 Å². The Morgan fingerprint density at radius 3 is 2.81 bits per heavy atom. The van der Waals surface area contributed by atoms with Gasteiger partial charge in [-0.25, -0.2) is 13.6 Å². The molecular formula is C14H18N2O4S. The number of hydrogen-bond acceptors (Lipinski definition) is 4. The van der Waals surface area contributed by atoms with E-state index in [-0.39, 0.29) is 22.8 Å². The van der Waals surface area contributed by atoms with Gasteiger partial charge in [0.15, 0.2) is 0 Å². The molecule has 1 aliphatic heterocycles. The van der Waals surface area contributed by atoms with Crippen molar-refractivity contribution >= 4 is 15.9 Å². The van der Waals surface area contributed by atoms with E-state index >= 15 is 0 Å². The highest BCUT2D eigenvalue weighted by Gasteiger charge is 2.39. The van der Waals surface area contributed by atoms with Crippen molar-refractivity contribution in [1.29, 1.82) is 0 Å². The summed E-state index contributed by atoms with van der Waals surface area (Å²) in [6.07, 6.45) is 2.25. The third-order valence-electron chi connectivity index (χ3n) is 4.20. The number of benzene rings is 1. The zero-order valence-corrected chi connectivity index (χ0v) is 12.6. The van der Waals surface area contributed by atoms with Crippen molar-refractivity contribution in [3.8, 4) is 5.75 Å². The molecule has 2 aliphatic rings. The molecule has 1 atom stereocenters. The number of fused-ring (bicyclic) bond motifs is 1. The standard InChI is InChI=1S/C14H18N2O4S/c1-14(4-5-14)8-16-13(17)11-7-20-12-3-2-9(6-10(11)12)21(15,18)19/h2-3,6,11H,4-5,7-8H2,1H3,(H,16,17)(H2,15,18,19). The Labute approximate surface area is 123 Å². The molecule has 0 radical (unpaired) electrons. The number of nitrogens with one attached hydrogen (secondary N) is 1. The molecule has 1 saturated carbocycles. The Hall–Kier alpha value is -1.60. The van der Waals surface area contributed by atoms with Crippen molar-refractivity contribution in [2.45, 2.75) is 30.6 Å². The van der Waals surface area contributed by atoms with Crippen molar-refractivity contribution in [3.05, 3.63) is 23.8 Å². The molecule has 1 heterocycles. The van der Waals surface area contributed by atoms with E-state index in [1.807, 2.05) is 0 Å². The summed E-state index contributed by atoms with van der Waals surface area (Å²) in [4.78, 5) is 12.3. The minimum absolute atomic E-state index is 0.00120. The molecule has 6 nitrogen and oxygen atoms in total. The predicted octanol–water partition coefficient (Wildman–Crippen LogP) is 0.726. The maximum atomic E-state index is 12.3. The van der Waals surface area contributed by atoms with Crippen LogP contribution in [-0.4, -0.2) is 27.5 Å². The number of ether oxygens (including phenoxy) is 1. The second kappa shape index (κ2) is 4.71. The molecule has 114 valence electrons. The summed E-state index contributed by atoms with van der Waals surface area (Å²) in [6.45, 7) is 3.00. The molecule has 1 unspecified atom stereocenters. The van der Waals surface area contributed by atoms with Gasteiger partial charge in [0.25, 0.3) is 0 Å². The quantitative estimate of drug-likeness (QED) is 0.856. The van der Waals surface area contributed by atoms with E-state index in [0.29, 0.717) is 17.9 Å².